The largest absolute Gasteiger partial charge is 0.378 e. The predicted molar refractivity (Wildman–Crippen MR) is 90.3 cm³/mol. The summed E-state index contributed by atoms with van der Waals surface area (Å²) in [7, 11) is 4.10. The number of carbonyl (C=O) groups excluding carboxylic acids is 2. The Morgan fingerprint density at radius 3 is 2.57 bits per heavy atom. The van der Waals surface area contributed by atoms with Crippen molar-refractivity contribution in [3.8, 4) is 0 Å². The number of likely N-dealkylation sites (tertiary alicyclic amines) is 2. The van der Waals surface area contributed by atoms with Crippen molar-refractivity contribution in [3.05, 3.63) is 29.8 Å². The molecule has 0 aliphatic carbocycles. The van der Waals surface area contributed by atoms with E-state index in [0.29, 0.717) is 25.4 Å². The monoisotopic (exact) mass is 315 g/mol. The van der Waals surface area contributed by atoms with E-state index in [0.717, 1.165) is 19.5 Å². The summed E-state index contributed by atoms with van der Waals surface area (Å²) in [5.74, 6) is -0.0271. The van der Waals surface area contributed by atoms with E-state index < -0.39 is 0 Å². The molecule has 5 nitrogen and oxygen atoms in total. The number of carbonyl (C=O) groups is 2. The minimum Gasteiger partial charge on any atom is -0.378 e. The maximum absolute atomic E-state index is 11.7. The van der Waals surface area contributed by atoms with Crippen LogP contribution in [-0.2, 0) is 9.59 Å². The second kappa shape index (κ2) is 6.71. The number of hydrogen-bond acceptors (Lipinski definition) is 4. The average molecular weight is 315 g/mol. The molecule has 3 rings (SSSR count). The summed E-state index contributed by atoms with van der Waals surface area (Å²) in [6.07, 6.45) is 3.07. The predicted octanol–water partition coefficient (Wildman–Crippen LogP) is 2.04. The van der Waals surface area contributed by atoms with Crippen LogP contribution in [0.15, 0.2) is 24.3 Å². The number of anilines is 1. The zero-order valence-corrected chi connectivity index (χ0v) is 14.0. The van der Waals surface area contributed by atoms with Gasteiger partial charge in [0, 0.05) is 51.8 Å². The number of nitrogens with zero attached hydrogens (tertiary/aromatic N) is 3. The fourth-order valence-corrected chi connectivity index (χ4v) is 3.58. The van der Waals surface area contributed by atoms with Crippen molar-refractivity contribution in [1.29, 1.82) is 0 Å². The van der Waals surface area contributed by atoms with Crippen molar-refractivity contribution in [2.45, 2.75) is 31.7 Å². The molecule has 1 atom stereocenters. The zero-order valence-electron chi connectivity index (χ0n) is 14.0. The summed E-state index contributed by atoms with van der Waals surface area (Å²) in [5.41, 5.74) is 2.53. The number of rotatable bonds is 5. The highest BCUT2D eigenvalue weighted by Crippen LogP contribution is 2.33. The molecule has 2 saturated heterocycles. The van der Waals surface area contributed by atoms with Crippen molar-refractivity contribution in [3.63, 3.8) is 0 Å². The summed E-state index contributed by atoms with van der Waals surface area (Å²) < 4.78 is 0. The van der Waals surface area contributed by atoms with Gasteiger partial charge in [0.15, 0.2) is 0 Å². The van der Waals surface area contributed by atoms with Crippen molar-refractivity contribution in [2.24, 2.45) is 0 Å². The van der Waals surface area contributed by atoms with Crippen molar-refractivity contribution < 1.29 is 9.59 Å². The van der Waals surface area contributed by atoms with E-state index in [1.807, 2.05) is 0 Å². The quantitative estimate of drug-likeness (QED) is 0.780. The van der Waals surface area contributed by atoms with Crippen LogP contribution in [0.4, 0.5) is 5.69 Å². The maximum atomic E-state index is 11.7. The molecule has 2 aliphatic rings. The molecule has 0 bridgehead atoms. The van der Waals surface area contributed by atoms with Gasteiger partial charge in [0.05, 0.1) is 0 Å². The summed E-state index contributed by atoms with van der Waals surface area (Å²) in [6, 6.07) is 9.04. The second-order valence-electron chi connectivity index (χ2n) is 6.62. The van der Waals surface area contributed by atoms with E-state index in [2.05, 4.69) is 48.2 Å². The van der Waals surface area contributed by atoms with Gasteiger partial charge in [-0.15, -0.1) is 0 Å². The van der Waals surface area contributed by atoms with Gasteiger partial charge in [-0.1, -0.05) is 12.1 Å². The number of amides is 2. The smallest absolute Gasteiger partial charge is 0.229 e. The molecule has 5 heteroatoms. The third-order valence-electron chi connectivity index (χ3n) is 4.90. The van der Waals surface area contributed by atoms with Gasteiger partial charge in [0.1, 0.15) is 0 Å². The van der Waals surface area contributed by atoms with Crippen LogP contribution in [0.1, 0.15) is 37.3 Å². The van der Waals surface area contributed by atoms with E-state index in [4.69, 9.17) is 0 Å². The Morgan fingerprint density at radius 2 is 1.87 bits per heavy atom. The summed E-state index contributed by atoms with van der Waals surface area (Å²) in [5, 5.41) is 0. The molecule has 2 fully saturated rings. The van der Waals surface area contributed by atoms with Crippen LogP contribution in [-0.4, -0.2) is 55.3 Å². The van der Waals surface area contributed by atoms with Gasteiger partial charge in [-0.05, 0) is 37.1 Å². The Balaban J connectivity index is 1.67. The zero-order chi connectivity index (χ0) is 16.4. The van der Waals surface area contributed by atoms with Crippen LogP contribution in [0.3, 0.4) is 0 Å². The van der Waals surface area contributed by atoms with Gasteiger partial charge in [-0.2, -0.15) is 0 Å². The molecule has 124 valence electrons. The number of imide groups is 1. The molecule has 1 aromatic carbocycles. The molecule has 23 heavy (non-hydrogen) atoms. The van der Waals surface area contributed by atoms with E-state index in [1.54, 1.807) is 0 Å². The van der Waals surface area contributed by atoms with Gasteiger partial charge in [0.2, 0.25) is 11.8 Å². The molecular formula is C18H25N3O2. The third kappa shape index (κ3) is 3.39. The van der Waals surface area contributed by atoms with Crippen LogP contribution in [0.5, 0.6) is 0 Å². The van der Waals surface area contributed by atoms with Crippen LogP contribution >= 0.6 is 0 Å². The lowest BCUT2D eigenvalue weighted by molar-refractivity contribution is -0.138. The van der Waals surface area contributed by atoms with E-state index >= 15 is 0 Å². The van der Waals surface area contributed by atoms with Gasteiger partial charge >= 0.3 is 0 Å². The lowest BCUT2D eigenvalue weighted by atomic mass is 10.0. The fraction of sp³-hybridized carbons (Fsp3) is 0.556. The molecule has 0 spiro atoms. The Morgan fingerprint density at radius 1 is 1.13 bits per heavy atom. The molecule has 2 heterocycles. The first-order chi connectivity index (χ1) is 11.1. The van der Waals surface area contributed by atoms with Gasteiger partial charge in [-0.3, -0.25) is 19.4 Å². The SMILES string of the molecule is CN(C)c1cccc([C@@H]2CCCN2CCN2C(=O)CCC2=O)c1. The van der Waals surface area contributed by atoms with E-state index in [-0.39, 0.29) is 11.8 Å². The van der Waals surface area contributed by atoms with Gasteiger partial charge in [0.25, 0.3) is 0 Å². The van der Waals surface area contributed by atoms with E-state index in [1.165, 1.54) is 22.6 Å². The Bertz CT molecular complexity index is 584. The third-order valence-corrected chi connectivity index (χ3v) is 4.90. The molecule has 0 aromatic heterocycles. The van der Waals surface area contributed by atoms with Crippen molar-refractivity contribution in [2.75, 3.05) is 38.6 Å². The molecule has 0 radical (unpaired) electrons. The molecule has 0 unspecified atom stereocenters. The minimum atomic E-state index is -0.0136. The van der Waals surface area contributed by atoms with Crippen molar-refractivity contribution in [1.82, 2.24) is 9.80 Å². The average Bonchev–Trinajstić information content (AvgIpc) is 3.13. The first kappa shape index (κ1) is 16.0. The first-order valence-corrected chi connectivity index (χ1v) is 8.41. The molecule has 2 amide bonds. The highest BCUT2D eigenvalue weighted by molar-refractivity contribution is 6.01. The van der Waals surface area contributed by atoms with Gasteiger partial charge in [-0.25, -0.2) is 0 Å². The topological polar surface area (TPSA) is 43.9 Å². The maximum Gasteiger partial charge on any atom is 0.229 e. The lowest BCUT2D eigenvalue weighted by Crippen LogP contribution is -2.37. The highest BCUT2D eigenvalue weighted by atomic mass is 16.2. The van der Waals surface area contributed by atoms with Crippen LogP contribution in [0, 0.1) is 0 Å². The molecular weight excluding hydrogens is 290 g/mol. The Hall–Kier alpha value is -1.88. The molecule has 0 N–H and O–H groups in total. The Labute approximate surface area is 137 Å². The number of hydrogen-bond donors (Lipinski definition) is 0. The molecule has 1 aromatic rings. The van der Waals surface area contributed by atoms with E-state index in [9.17, 15) is 9.59 Å². The minimum absolute atomic E-state index is 0.0136. The van der Waals surface area contributed by atoms with Crippen molar-refractivity contribution >= 4 is 17.5 Å². The lowest BCUT2D eigenvalue weighted by Gasteiger charge is -2.27. The normalized spacial score (nSPS) is 22.2. The van der Waals surface area contributed by atoms with Crippen LogP contribution in [0.25, 0.3) is 0 Å². The molecule has 2 aliphatic heterocycles. The summed E-state index contributed by atoms with van der Waals surface area (Å²) in [6.45, 7) is 2.34. The number of benzene rings is 1. The van der Waals surface area contributed by atoms with Gasteiger partial charge < -0.3 is 4.90 Å². The van der Waals surface area contributed by atoms with Crippen LogP contribution < -0.4 is 4.90 Å². The highest BCUT2D eigenvalue weighted by Gasteiger charge is 2.31. The molecule has 0 saturated carbocycles. The standard InChI is InChI=1S/C18H25N3O2/c1-19(2)15-6-3-5-14(13-15)16-7-4-10-20(16)11-12-21-17(22)8-9-18(21)23/h3,5-6,13,16H,4,7-12H2,1-2H3/t16-/m0/s1. The summed E-state index contributed by atoms with van der Waals surface area (Å²) >= 11 is 0. The first-order valence-electron chi connectivity index (χ1n) is 8.41. The Kier molecular flexibility index (Phi) is 4.66. The summed E-state index contributed by atoms with van der Waals surface area (Å²) in [4.78, 5) is 29.4. The second-order valence-corrected chi connectivity index (χ2v) is 6.62. The fourth-order valence-electron chi connectivity index (χ4n) is 3.58. The van der Waals surface area contributed by atoms with Crippen LogP contribution in [0.2, 0.25) is 0 Å².